The van der Waals surface area contributed by atoms with Crippen LogP contribution in [0.2, 0.25) is 0 Å². The van der Waals surface area contributed by atoms with Crippen molar-refractivity contribution < 1.29 is 14.3 Å². The van der Waals surface area contributed by atoms with Gasteiger partial charge >= 0.3 is 0 Å². The molecule has 0 spiro atoms. The van der Waals surface area contributed by atoms with Crippen LogP contribution in [-0.2, 0) is 13.0 Å². The van der Waals surface area contributed by atoms with E-state index in [2.05, 4.69) is 12.1 Å². The van der Waals surface area contributed by atoms with Gasteiger partial charge in [-0.1, -0.05) is 60.7 Å². The molecule has 138 valence electrons. The summed E-state index contributed by atoms with van der Waals surface area (Å²) in [6.07, 6.45) is 2.25. The zero-order valence-corrected chi connectivity index (χ0v) is 15.6. The Morgan fingerprint density at radius 1 is 0.815 bits per heavy atom. The number of aryl methyl sites for hydroxylation is 1. The lowest BCUT2D eigenvalue weighted by Gasteiger charge is -2.12. The number of carbonyl (C=O) groups is 1. The molecule has 3 aromatic carbocycles. The quantitative estimate of drug-likeness (QED) is 0.474. The first-order valence-electron chi connectivity index (χ1n) is 9.18. The summed E-state index contributed by atoms with van der Waals surface area (Å²) in [4.78, 5) is 12.5. The number of ether oxygens (including phenoxy) is 2. The number of hydrogen-bond donors (Lipinski definition) is 0. The van der Waals surface area contributed by atoms with E-state index in [9.17, 15) is 4.79 Å². The normalized spacial score (nSPS) is 10.4. The molecule has 0 atom stereocenters. The number of ketones is 1. The Morgan fingerprint density at radius 2 is 1.48 bits per heavy atom. The van der Waals surface area contributed by atoms with Gasteiger partial charge in [0.05, 0.1) is 7.11 Å². The van der Waals surface area contributed by atoms with Crippen LogP contribution in [0.15, 0.2) is 78.9 Å². The zero-order chi connectivity index (χ0) is 18.9. The van der Waals surface area contributed by atoms with Crippen LogP contribution in [0.3, 0.4) is 0 Å². The Morgan fingerprint density at radius 3 is 2.15 bits per heavy atom. The van der Waals surface area contributed by atoms with E-state index in [0.717, 1.165) is 18.4 Å². The summed E-state index contributed by atoms with van der Waals surface area (Å²) in [6, 6.07) is 25.6. The minimum absolute atomic E-state index is 0.124. The van der Waals surface area contributed by atoms with Gasteiger partial charge in [0, 0.05) is 12.0 Å². The molecule has 0 aliphatic heterocycles. The molecular weight excluding hydrogens is 336 g/mol. The molecule has 0 aromatic heterocycles. The Balaban J connectivity index is 1.58. The highest BCUT2D eigenvalue weighted by Crippen LogP contribution is 2.29. The molecule has 3 rings (SSSR count). The largest absolute Gasteiger partial charge is 0.493 e. The SMILES string of the molecule is COc1cc(C(=O)CCCc2ccccc2)ccc1OCc1ccccc1. The number of methoxy groups -OCH3 is 1. The summed E-state index contributed by atoms with van der Waals surface area (Å²) in [5.41, 5.74) is 3.00. The molecule has 0 bridgehead atoms. The second-order valence-corrected chi connectivity index (χ2v) is 6.40. The van der Waals surface area contributed by atoms with Crippen molar-refractivity contribution in [3.05, 3.63) is 95.6 Å². The molecule has 3 aromatic rings. The Kier molecular flexibility index (Phi) is 6.64. The fourth-order valence-electron chi connectivity index (χ4n) is 2.94. The first kappa shape index (κ1) is 18.7. The van der Waals surface area contributed by atoms with E-state index in [4.69, 9.17) is 9.47 Å². The van der Waals surface area contributed by atoms with Crippen LogP contribution in [0.1, 0.15) is 34.3 Å². The summed E-state index contributed by atoms with van der Waals surface area (Å²) >= 11 is 0. The van der Waals surface area contributed by atoms with Crippen molar-refractivity contribution in [3.8, 4) is 11.5 Å². The van der Waals surface area contributed by atoms with E-state index in [0.29, 0.717) is 30.1 Å². The number of hydrogen-bond acceptors (Lipinski definition) is 3. The zero-order valence-electron chi connectivity index (χ0n) is 15.6. The first-order valence-corrected chi connectivity index (χ1v) is 9.18. The standard InChI is InChI=1S/C24H24O3/c1-26-24-17-21(22(25)14-8-13-19-9-4-2-5-10-19)15-16-23(24)27-18-20-11-6-3-7-12-20/h2-7,9-12,15-17H,8,13-14,18H2,1H3. The van der Waals surface area contributed by atoms with Gasteiger partial charge < -0.3 is 9.47 Å². The molecule has 0 aliphatic rings. The van der Waals surface area contributed by atoms with Crippen LogP contribution >= 0.6 is 0 Å². The highest BCUT2D eigenvalue weighted by Gasteiger charge is 2.11. The maximum Gasteiger partial charge on any atom is 0.163 e. The molecule has 0 N–H and O–H groups in total. The third-order valence-corrected chi connectivity index (χ3v) is 4.43. The van der Waals surface area contributed by atoms with Gasteiger partial charge in [-0.05, 0) is 42.2 Å². The first-order chi connectivity index (χ1) is 13.3. The molecule has 3 nitrogen and oxygen atoms in total. The van der Waals surface area contributed by atoms with Gasteiger partial charge in [-0.3, -0.25) is 4.79 Å². The Bertz CT molecular complexity index is 857. The van der Waals surface area contributed by atoms with Gasteiger partial charge in [0.2, 0.25) is 0 Å². The minimum atomic E-state index is 0.124. The fourth-order valence-corrected chi connectivity index (χ4v) is 2.94. The van der Waals surface area contributed by atoms with Crippen molar-refractivity contribution in [3.63, 3.8) is 0 Å². The topological polar surface area (TPSA) is 35.5 Å². The fraction of sp³-hybridized carbons (Fsp3) is 0.208. The average Bonchev–Trinajstić information content (AvgIpc) is 2.73. The van der Waals surface area contributed by atoms with Crippen molar-refractivity contribution in [1.82, 2.24) is 0 Å². The molecule has 0 radical (unpaired) electrons. The molecule has 27 heavy (non-hydrogen) atoms. The van der Waals surface area contributed by atoms with Crippen molar-refractivity contribution in [2.75, 3.05) is 7.11 Å². The monoisotopic (exact) mass is 360 g/mol. The second kappa shape index (κ2) is 9.58. The van der Waals surface area contributed by atoms with Crippen LogP contribution in [0.25, 0.3) is 0 Å². The molecule has 0 unspecified atom stereocenters. The third kappa shape index (κ3) is 5.45. The van der Waals surface area contributed by atoms with E-state index < -0.39 is 0 Å². The number of benzene rings is 3. The summed E-state index contributed by atoms with van der Waals surface area (Å²) in [7, 11) is 1.59. The Labute approximate surface area is 160 Å². The number of rotatable bonds is 9. The van der Waals surface area contributed by atoms with Crippen molar-refractivity contribution >= 4 is 5.78 Å². The molecule has 0 amide bonds. The molecular formula is C24H24O3. The van der Waals surface area contributed by atoms with E-state index >= 15 is 0 Å². The summed E-state index contributed by atoms with van der Waals surface area (Å²) < 4.78 is 11.3. The van der Waals surface area contributed by atoms with E-state index in [-0.39, 0.29) is 5.78 Å². The molecule has 0 saturated heterocycles. The lowest BCUT2D eigenvalue weighted by molar-refractivity contribution is 0.0980. The molecule has 0 heterocycles. The lowest BCUT2D eigenvalue weighted by atomic mass is 10.0. The number of Topliss-reactive ketones (excluding diaryl/α,β-unsaturated/α-hetero) is 1. The van der Waals surface area contributed by atoms with Crippen LogP contribution in [0.4, 0.5) is 0 Å². The van der Waals surface area contributed by atoms with E-state index in [1.807, 2.05) is 60.7 Å². The van der Waals surface area contributed by atoms with Crippen LogP contribution in [0, 0.1) is 0 Å². The van der Waals surface area contributed by atoms with E-state index in [1.165, 1.54) is 5.56 Å². The van der Waals surface area contributed by atoms with Gasteiger partial charge in [0.25, 0.3) is 0 Å². The van der Waals surface area contributed by atoms with E-state index in [1.54, 1.807) is 13.2 Å². The van der Waals surface area contributed by atoms with Crippen LogP contribution in [-0.4, -0.2) is 12.9 Å². The number of carbonyl (C=O) groups excluding carboxylic acids is 1. The van der Waals surface area contributed by atoms with Crippen molar-refractivity contribution in [2.24, 2.45) is 0 Å². The predicted molar refractivity (Wildman–Crippen MR) is 107 cm³/mol. The maximum absolute atomic E-state index is 12.5. The van der Waals surface area contributed by atoms with Crippen LogP contribution < -0.4 is 9.47 Å². The summed E-state index contributed by atoms with van der Waals surface area (Å²) in [5.74, 6) is 1.35. The maximum atomic E-state index is 12.5. The van der Waals surface area contributed by atoms with Gasteiger partial charge in [0.1, 0.15) is 6.61 Å². The van der Waals surface area contributed by atoms with Crippen LogP contribution in [0.5, 0.6) is 11.5 Å². The van der Waals surface area contributed by atoms with Gasteiger partial charge in [-0.15, -0.1) is 0 Å². The average molecular weight is 360 g/mol. The smallest absolute Gasteiger partial charge is 0.163 e. The second-order valence-electron chi connectivity index (χ2n) is 6.40. The molecule has 3 heteroatoms. The molecule has 0 fully saturated rings. The van der Waals surface area contributed by atoms with Gasteiger partial charge in [0.15, 0.2) is 17.3 Å². The lowest BCUT2D eigenvalue weighted by Crippen LogP contribution is -2.02. The van der Waals surface area contributed by atoms with Crippen molar-refractivity contribution in [2.45, 2.75) is 25.9 Å². The third-order valence-electron chi connectivity index (χ3n) is 4.43. The van der Waals surface area contributed by atoms with Gasteiger partial charge in [-0.2, -0.15) is 0 Å². The molecule has 0 saturated carbocycles. The van der Waals surface area contributed by atoms with Crippen molar-refractivity contribution in [1.29, 1.82) is 0 Å². The van der Waals surface area contributed by atoms with Gasteiger partial charge in [-0.25, -0.2) is 0 Å². The highest BCUT2D eigenvalue weighted by molar-refractivity contribution is 5.96. The minimum Gasteiger partial charge on any atom is -0.493 e. The summed E-state index contributed by atoms with van der Waals surface area (Å²) in [6.45, 7) is 0.460. The molecule has 0 aliphatic carbocycles. The highest BCUT2D eigenvalue weighted by atomic mass is 16.5. The summed E-state index contributed by atoms with van der Waals surface area (Å²) in [5, 5.41) is 0. The predicted octanol–water partition coefficient (Wildman–Crippen LogP) is 5.48. The Hall–Kier alpha value is -3.07.